The Kier molecular flexibility index (Phi) is 5.50. The van der Waals surface area contributed by atoms with Crippen molar-refractivity contribution in [2.75, 3.05) is 7.11 Å². The smallest absolute Gasteiger partial charge is 0.433 e. The van der Waals surface area contributed by atoms with Crippen molar-refractivity contribution in [2.24, 2.45) is 10.7 Å². The van der Waals surface area contributed by atoms with Gasteiger partial charge in [0, 0.05) is 18.5 Å². The van der Waals surface area contributed by atoms with Gasteiger partial charge in [0.1, 0.15) is 11.5 Å². The van der Waals surface area contributed by atoms with Crippen LogP contribution in [0, 0.1) is 0 Å². The molecule has 1 unspecified atom stereocenters. The number of nitrogens with two attached hydrogens (primary N) is 1. The van der Waals surface area contributed by atoms with E-state index in [-0.39, 0.29) is 35.8 Å². The number of ether oxygens (including phenoxy) is 1. The molecule has 0 radical (unpaired) electrons. The second-order valence-corrected chi connectivity index (χ2v) is 6.85. The van der Waals surface area contributed by atoms with Crippen LogP contribution in [-0.2, 0) is 6.54 Å². The first-order valence-corrected chi connectivity index (χ1v) is 8.95. The number of carbonyl (C=O) groups excluding carboxylic acids is 1. The van der Waals surface area contributed by atoms with Crippen molar-refractivity contribution < 1.29 is 22.7 Å². The van der Waals surface area contributed by atoms with E-state index >= 15 is 0 Å². The fraction of sp³-hybridized carbons (Fsp3) is 0.350. The van der Waals surface area contributed by atoms with Gasteiger partial charge in [-0.15, -0.1) is 0 Å². The van der Waals surface area contributed by atoms with Crippen LogP contribution in [0.25, 0.3) is 5.70 Å². The third kappa shape index (κ3) is 4.03. The number of aromatic nitrogens is 2. The third-order valence-corrected chi connectivity index (χ3v) is 4.79. The topological polar surface area (TPSA) is 82.5 Å². The Morgan fingerprint density at radius 3 is 2.55 bits per heavy atom. The normalized spacial score (nSPS) is 17.3. The summed E-state index contributed by atoms with van der Waals surface area (Å²) in [7, 11) is 1.51. The van der Waals surface area contributed by atoms with Crippen LogP contribution < -0.4 is 10.5 Å². The number of ketones is 1. The van der Waals surface area contributed by atoms with E-state index in [4.69, 9.17) is 10.5 Å². The van der Waals surface area contributed by atoms with Gasteiger partial charge in [0.25, 0.3) is 0 Å². The van der Waals surface area contributed by atoms with Crippen molar-refractivity contribution in [3.63, 3.8) is 0 Å². The predicted octanol–water partition coefficient (Wildman–Crippen LogP) is 3.93. The highest BCUT2D eigenvalue weighted by atomic mass is 19.4. The molecule has 0 amide bonds. The molecule has 0 spiro atoms. The Balaban J connectivity index is 2.03. The van der Waals surface area contributed by atoms with Crippen LogP contribution in [0.1, 0.15) is 48.2 Å². The molecule has 1 aromatic heterocycles. The summed E-state index contributed by atoms with van der Waals surface area (Å²) in [5.74, 6) is 0.512. The molecule has 0 bridgehead atoms. The number of carbonyl (C=O) groups is 1. The van der Waals surface area contributed by atoms with Gasteiger partial charge >= 0.3 is 6.18 Å². The Labute approximate surface area is 165 Å². The number of hydrogen-bond donors (Lipinski definition) is 1. The van der Waals surface area contributed by atoms with Crippen LogP contribution >= 0.6 is 0 Å². The van der Waals surface area contributed by atoms with E-state index in [2.05, 4.69) is 9.98 Å². The summed E-state index contributed by atoms with van der Waals surface area (Å²) in [5, 5.41) is 0. The second-order valence-electron chi connectivity index (χ2n) is 6.85. The van der Waals surface area contributed by atoms with E-state index in [1.165, 1.54) is 20.2 Å². The number of alkyl halides is 3. The maximum Gasteiger partial charge on any atom is 0.433 e. The molecule has 2 aromatic rings. The van der Waals surface area contributed by atoms with Gasteiger partial charge < -0.3 is 15.0 Å². The largest absolute Gasteiger partial charge is 0.497 e. The van der Waals surface area contributed by atoms with Crippen molar-refractivity contribution in [1.29, 1.82) is 0 Å². The molecule has 3 rings (SSSR count). The summed E-state index contributed by atoms with van der Waals surface area (Å²) in [6.45, 7) is 2.93. The first-order valence-electron chi connectivity index (χ1n) is 8.95. The average molecular weight is 406 g/mol. The first-order chi connectivity index (χ1) is 13.6. The van der Waals surface area contributed by atoms with Gasteiger partial charge in [-0.25, -0.2) is 4.98 Å². The Hall–Kier alpha value is -3.10. The Morgan fingerprint density at radius 2 is 2.00 bits per heavy atom. The van der Waals surface area contributed by atoms with Gasteiger partial charge in [0.05, 0.1) is 31.2 Å². The number of benzene rings is 1. The van der Waals surface area contributed by atoms with Crippen LogP contribution in [0.15, 0.2) is 41.0 Å². The van der Waals surface area contributed by atoms with Gasteiger partial charge in [-0.1, -0.05) is 12.1 Å². The lowest BCUT2D eigenvalue weighted by atomic mass is 9.94. The number of nitrogens with zero attached hydrogens (tertiary/aromatic N) is 3. The molecule has 0 fully saturated rings. The van der Waals surface area contributed by atoms with Crippen molar-refractivity contribution in [2.45, 2.75) is 39.0 Å². The second kappa shape index (κ2) is 7.73. The summed E-state index contributed by atoms with van der Waals surface area (Å²) < 4.78 is 48.1. The molecule has 0 saturated carbocycles. The highest BCUT2D eigenvalue weighted by molar-refractivity contribution is 6.09. The molecule has 1 aliphatic rings. The summed E-state index contributed by atoms with van der Waals surface area (Å²) >= 11 is 0. The first kappa shape index (κ1) is 20.6. The maximum atomic E-state index is 13.8. The Morgan fingerprint density at radius 1 is 1.34 bits per heavy atom. The molecule has 29 heavy (non-hydrogen) atoms. The van der Waals surface area contributed by atoms with E-state index in [1.807, 2.05) is 0 Å². The molecule has 154 valence electrons. The quantitative estimate of drug-likeness (QED) is 0.602. The molecule has 1 atom stereocenters. The maximum absolute atomic E-state index is 13.8. The number of aliphatic imine (C=N–C) groups is 1. The van der Waals surface area contributed by atoms with Crippen molar-refractivity contribution in [3.8, 4) is 5.75 Å². The number of methoxy groups -OCH3 is 1. The fourth-order valence-corrected chi connectivity index (χ4v) is 3.40. The zero-order valence-corrected chi connectivity index (χ0v) is 16.2. The SMILES string of the molecule is COc1ccc(CN=C(C2=C(N)c3cnc(C(C)=O)n3C(C)C2)C(F)(F)F)cc1. The Bertz CT molecular complexity index is 988. The zero-order chi connectivity index (χ0) is 21.3. The van der Waals surface area contributed by atoms with E-state index in [1.54, 1.807) is 35.8 Å². The van der Waals surface area contributed by atoms with E-state index < -0.39 is 17.9 Å². The lowest BCUT2D eigenvalue weighted by molar-refractivity contribution is -0.0586. The van der Waals surface area contributed by atoms with E-state index in [9.17, 15) is 18.0 Å². The van der Waals surface area contributed by atoms with Crippen molar-refractivity contribution in [1.82, 2.24) is 9.55 Å². The number of allylic oxidation sites excluding steroid dienone is 1. The monoisotopic (exact) mass is 406 g/mol. The minimum Gasteiger partial charge on any atom is -0.497 e. The molecular formula is C20H21F3N4O2. The fourth-order valence-electron chi connectivity index (χ4n) is 3.40. The van der Waals surface area contributed by atoms with Crippen LogP contribution in [0.4, 0.5) is 13.2 Å². The number of hydrogen-bond acceptors (Lipinski definition) is 5. The summed E-state index contributed by atoms with van der Waals surface area (Å²) in [5.41, 5.74) is 5.84. The van der Waals surface area contributed by atoms with E-state index in [0.29, 0.717) is 17.0 Å². The number of rotatable bonds is 5. The van der Waals surface area contributed by atoms with Crippen molar-refractivity contribution in [3.05, 3.63) is 53.1 Å². The molecule has 1 aromatic carbocycles. The molecule has 9 heteroatoms. The van der Waals surface area contributed by atoms with Gasteiger partial charge in [-0.2, -0.15) is 13.2 Å². The van der Waals surface area contributed by atoms with Crippen molar-refractivity contribution >= 4 is 17.2 Å². The van der Waals surface area contributed by atoms with Crippen LogP contribution in [-0.4, -0.2) is 34.3 Å². The zero-order valence-electron chi connectivity index (χ0n) is 16.2. The van der Waals surface area contributed by atoms with Gasteiger partial charge in [0.15, 0.2) is 11.6 Å². The number of Topliss-reactive ketones (excluding diaryl/α,β-unsaturated/α-hetero) is 1. The van der Waals surface area contributed by atoms with Crippen LogP contribution in [0.2, 0.25) is 0 Å². The van der Waals surface area contributed by atoms with Gasteiger partial charge in [-0.3, -0.25) is 9.79 Å². The predicted molar refractivity (Wildman–Crippen MR) is 103 cm³/mol. The minimum absolute atomic E-state index is 0.00354. The highest BCUT2D eigenvalue weighted by Crippen LogP contribution is 2.37. The van der Waals surface area contributed by atoms with Crippen LogP contribution in [0.5, 0.6) is 5.75 Å². The third-order valence-electron chi connectivity index (χ3n) is 4.79. The van der Waals surface area contributed by atoms with Gasteiger partial charge in [0.2, 0.25) is 0 Å². The summed E-state index contributed by atoms with van der Waals surface area (Å²) in [4.78, 5) is 19.6. The standard InChI is InChI=1S/C20H21F3N4O2/c1-11-8-15(17(24)16-10-26-19(12(2)28)27(11)16)18(20(21,22)23)25-9-13-4-6-14(29-3)7-5-13/h4-7,10-11H,8-9,24H2,1-3H3. The molecule has 1 aliphatic heterocycles. The lowest BCUT2D eigenvalue weighted by Crippen LogP contribution is -2.32. The van der Waals surface area contributed by atoms with Crippen LogP contribution in [0.3, 0.4) is 0 Å². The van der Waals surface area contributed by atoms with Gasteiger partial charge in [-0.05, 0) is 31.0 Å². The molecule has 6 nitrogen and oxygen atoms in total. The number of halogens is 3. The number of fused-ring (bicyclic) bond motifs is 1. The molecule has 0 saturated heterocycles. The average Bonchev–Trinajstić information content (AvgIpc) is 3.11. The number of imidazole rings is 1. The minimum atomic E-state index is -4.67. The molecular weight excluding hydrogens is 385 g/mol. The molecule has 0 aliphatic carbocycles. The molecule has 2 N–H and O–H groups in total. The molecule has 2 heterocycles. The highest BCUT2D eigenvalue weighted by Gasteiger charge is 2.41. The van der Waals surface area contributed by atoms with E-state index in [0.717, 1.165) is 0 Å². The summed E-state index contributed by atoms with van der Waals surface area (Å²) in [6, 6.07) is 6.23. The lowest BCUT2D eigenvalue weighted by Gasteiger charge is -2.28. The summed E-state index contributed by atoms with van der Waals surface area (Å²) in [6.07, 6.45) is -3.34.